The molecule has 3 fully saturated rings. The van der Waals surface area contributed by atoms with Crippen molar-refractivity contribution in [2.45, 2.75) is 64.1 Å². The van der Waals surface area contributed by atoms with E-state index in [-0.39, 0.29) is 12.4 Å². The molecular formula is C17H32ClN3O. The molecule has 0 spiro atoms. The number of hydrogen-bond acceptors (Lipinski definition) is 3. The van der Waals surface area contributed by atoms with Crippen molar-refractivity contribution in [1.82, 2.24) is 15.1 Å². The van der Waals surface area contributed by atoms with E-state index in [0.29, 0.717) is 42.4 Å². The van der Waals surface area contributed by atoms with Crippen LogP contribution in [-0.2, 0) is 4.79 Å². The second-order valence-corrected chi connectivity index (χ2v) is 7.92. The average molecular weight is 330 g/mol. The number of halogens is 1. The van der Waals surface area contributed by atoms with E-state index in [4.69, 9.17) is 0 Å². The van der Waals surface area contributed by atoms with Gasteiger partial charge in [0.2, 0.25) is 5.91 Å². The zero-order chi connectivity index (χ0) is 15.0. The molecule has 0 saturated carbocycles. The van der Waals surface area contributed by atoms with Crippen LogP contribution < -0.4 is 5.32 Å². The molecule has 5 heteroatoms. The first kappa shape index (κ1) is 18.0. The highest BCUT2D eigenvalue weighted by Gasteiger charge is 2.36. The van der Waals surface area contributed by atoms with Crippen LogP contribution in [-0.4, -0.2) is 60.5 Å². The number of fused-ring (bicyclic) bond motifs is 2. The maximum Gasteiger partial charge on any atom is 0.236 e. The van der Waals surface area contributed by atoms with E-state index in [9.17, 15) is 4.79 Å². The van der Waals surface area contributed by atoms with E-state index < -0.39 is 0 Å². The van der Waals surface area contributed by atoms with Gasteiger partial charge in [0.15, 0.2) is 0 Å². The highest BCUT2D eigenvalue weighted by molar-refractivity contribution is 5.85. The van der Waals surface area contributed by atoms with E-state index in [2.05, 4.69) is 36.0 Å². The van der Waals surface area contributed by atoms with E-state index >= 15 is 0 Å². The Balaban J connectivity index is 0.00000176. The Kier molecular flexibility index (Phi) is 6.14. The second kappa shape index (κ2) is 7.50. The molecule has 0 aromatic rings. The first-order valence-corrected chi connectivity index (χ1v) is 8.75. The summed E-state index contributed by atoms with van der Waals surface area (Å²) in [4.78, 5) is 17.0. The number of amides is 1. The Bertz CT molecular complexity index is 370. The second-order valence-electron chi connectivity index (χ2n) is 7.92. The standard InChI is InChI=1S/C17H31N3O.ClH/c1-12-6-13(2)10-20(9-12)17(21)11-19(3)16-7-14-4-5-15(8-16)18-14;/h12-16,18H,4-11H2,1-3H3;1H. The minimum atomic E-state index is 0. The highest BCUT2D eigenvalue weighted by Crippen LogP contribution is 2.29. The lowest BCUT2D eigenvalue weighted by Crippen LogP contribution is -2.51. The number of carbonyl (C=O) groups is 1. The number of piperidine rings is 2. The van der Waals surface area contributed by atoms with Gasteiger partial charge in [-0.1, -0.05) is 13.8 Å². The summed E-state index contributed by atoms with van der Waals surface area (Å²) in [7, 11) is 2.14. The molecule has 0 aromatic heterocycles. The predicted octanol–water partition coefficient (Wildman–Crippen LogP) is 2.13. The largest absolute Gasteiger partial charge is 0.341 e. The van der Waals surface area contributed by atoms with Crippen LogP contribution in [0.15, 0.2) is 0 Å². The van der Waals surface area contributed by atoms with Crippen LogP contribution in [0.2, 0.25) is 0 Å². The Labute approximate surface area is 141 Å². The zero-order valence-corrected chi connectivity index (χ0v) is 15.1. The van der Waals surface area contributed by atoms with Gasteiger partial charge in [-0.15, -0.1) is 12.4 Å². The van der Waals surface area contributed by atoms with E-state index in [0.717, 1.165) is 13.1 Å². The van der Waals surface area contributed by atoms with E-state index in [1.54, 1.807) is 0 Å². The SMILES string of the molecule is CC1CC(C)CN(C(=O)CN(C)C2CC3CCC(C2)N3)C1.Cl. The van der Waals surface area contributed by atoms with Gasteiger partial charge >= 0.3 is 0 Å². The third-order valence-corrected chi connectivity index (χ3v) is 5.68. The summed E-state index contributed by atoms with van der Waals surface area (Å²) in [6.45, 7) is 7.04. The summed E-state index contributed by atoms with van der Waals surface area (Å²) in [6, 6.07) is 1.98. The molecule has 4 nitrogen and oxygen atoms in total. The van der Waals surface area contributed by atoms with Gasteiger partial charge in [0.1, 0.15) is 0 Å². The first-order chi connectivity index (χ1) is 10.0. The molecule has 3 saturated heterocycles. The molecule has 3 rings (SSSR count). The predicted molar refractivity (Wildman–Crippen MR) is 92.4 cm³/mol. The van der Waals surface area contributed by atoms with Gasteiger partial charge in [0.05, 0.1) is 6.54 Å². The van der Waals surface area contributed by atoms with Crippen molar-refractivity contribution in [2.24, 2.45) is 11.8 Å². The number of carbonyl (C=O) groups excluding carboxylic acids is 1. The lowest BCUT2D eigenvalue weighted by molar-refractivity contribution is -0.135. The third-order valence-electron chi connectivity index (χ3n) is 5.68. The van der Waals surface area contributed by atoms with E-state index in [1.165, 1.54) is 32.1 Å². The monoisotopic (exact) mass is 329 g/mol. The topological polar surface area (TPSA) is 35.6 Å². The van der Waals surface area contributed by atoms with Crippen molar-refractivity contribution in [3.8, 4) is 0 Å². The molecular weight excluding hydrogens is 298 g/mol. The van der Waals surface area contributed by atoms with Crippen LogP contribution in [0.3, 0.4) is 0 Å². The van der Waals surface area contributed by atoms with Gasteiger partial charge in [0, 0.05) is 31.2 Å². The molecule has 22 heavy (non-hydrogen) atoms. The molecule has 1 N–H and O–H groups in total. The summed E-state index contributed by atoms with van der Waals surface area (Å²) in [5, 5.41) is 3.68. The third kappa shape index (κ3) is 4.15. The van der Waals surface area contributed by atoms with Gasteiger partial charge in [-0.25, -0.2) is 0 Å². The Morgan fingerprint density at radius 3 is 2.18 bits per heavy atom. The maximum absolute atomic E-state index is 12.6. The fraction of sp³-hybridized carbons (Fsp3) is 0.941. The first-order valence-electron chi connectivity index (χ1n) is 8.75. The number of likely N-dealkylation sites (tertiary alicyclic amines) is 1. The van der Waals surface area contributed by atoms with Crippen LogP contribution >= 0.6 is 12.4 Å². The number of nitrogens with zero attached hydrogens (tertiary/aromatic N) is 2. The summed E-state index contributed by atoms with van der Waals surface area (Å²) in [6.07, 6.45) is 6.34. The summed E-state index contributed by atoms with van der Waals surface area (Å²) >= 11 is 0. The minimum absolute atomic E-state index is 0. The van der Waals surface area contributed by atoms with Crippen LogP contribution in [0.5, 0.6) is 0 Å². The number of nitrogens with one attached hydrogen (secondary N) is 1. The fourth-order valence-corrected chi connectivity index (χ4v) is 4.70. The van der Waals surface area contributed by atoms with Crippen molar-refractivity contribution in [1.29, 1.82) is 0 Å². The molecule has 3 aliphatic rings. The molecule has 4 unspecified atom stereocenters. The van der Waals surface area contributed by atoms with E-state index in [1.807, 2.05) is 0 Å². The van der Waals surface area contributed by atoms with Crippen molar-refractivity contribution in [3.05, 3.63) is 0 Å². The lowest BCUT2D eigenvalue weighted by atomic mass is 9.92. The zero-order valence-electron chi connectivity index (χ0n) is 14.3. The molecule has 128 valence electrons. The van der Waals surface area contributed by atoms with Crippen molar-refractivity contribution < 1.29 is 4.79 Å². The van der Waals surface area contributed by atoms with Crippen molar-refractivity contribution >= 4 is 18.3 Å². The van der Waals surface area contributed by atoms with Gasteiger partial charge in [-0.05, 0) is 51.0 Å². The van der Waals surface area contributed by atoms with Crippen molar-refractivity contribution in [3.63, 3.8) is 0 Å². The average Bonchev–Trinajstić information content (AvgIpc) is 2.76. The fourth-order valence-electron chi connectivity index (χ4n) is 4.70. The molecule has 0 aliphatic carbocycles. The number of likely N-dealkylation sites (N-methyl/N-ethyl adjacent to an activating group) is 1. The highest BCUT2D eigenvalue weighted by atomic mass is 35.5. The summed E-state index contributed by atoms with van der Waals surface area (Å²) in [5.41, 5.74) is 0. The van der Waals surface area contributed by atoms with Gasteiger partial charge in [0.25, 0.3) is 0 Å². The summed E-state index contributed by atoms with van der Waals surface area (Å²) in [5.74, 6) is 1.64. The molecule has 0 aromatic carbocycles. The number of hydrogen-bond donors (Lipinski definition) is 1. The summed E-state index contributed by atoms with van der Waals surface area (Å²) < 4.78 is 0. The van der Waals surface area contributed by atoms with Crippen LogP contribution in [0, 0.1) is 11.8 Å². The lowest BCUT2D eigenvalue weighted by Gasteiger charge is -2.38. The van der Waals surface area contributed by atoms with Gasteiger partial charge in [-0.2, -0.15) is 0 Å². The Morgan fingerprint density at radius 2 is 1.64 bits per heavy atom. The van der Waals surface area contributed by atoms with Crippen LogP contribution in [0.25, 0.3) is 0 Å². The Hall–Kier alpha value is -0.320. The van der Waals surface area contributed by atoms with Gasteiger partial charge in [-0.3, -0.25) is 9.69 Å². The molecule has 1 amide bonds. The molecule has 2 bridgehead atoms. The smallest absolute Gasteiger partial charge is 0.236 e. The molecule has 4 atom stereocenters. The minimum Gasteiger partial charge on any atom is -0.341 e. The molecule has 0 radical (unpaired) electrons. The van der Waals surface area contributed by atoms with Crippen LogP contribution in [0.4, 0.5) is 0 Å². The van der Waals surface area contributed by atoms with Crippen molar-refractivity contribution in [2.75, 3.05) is 26.7 Å². The van der Waals surface area contributed by atoms with Gasteiger partial charge < -0.3 is 10.2 Å². The maximum atomic E-state index is 12.6. The van der Waals surface area contributed by atoms with Crippen LogP contribution in [0.1, 0.15) is 46.0 Å². The molecule has 3 aliphatic heterocycles. The normalized spacial score (nSPS) is 38.0. The Morgan fingerprint density at radius 1 is 1.09 bits per heavy atom. The quantitative estimate of drug-likeness (QED) is 0.861. The molecule has 3 heterocycles. The number of rotatable bonds is 3.